The van der Waals surface area contributed by atoms with Gasteiger partial charge in [0.25, 0.3) is 0 Å². The average Bonchev–Trinajstić information content (AvgIpc) is 3.12. The fourth-order valence-corrected chi connectivity index (χ4v) is 2.43. The van der Waals surface area contributed by atoms with Crippen LogP contribution < -0.4 is 5.32 Å². The zero-order valence-corrected chi connectivity index (χ0v) is 10.8. The number of furan rings is 1. The number of nitrogens with zero attached hydrogens (tertiary/aromatic N) is 1. The first-order chi connectivity index (χ1) is 9.90. The summed E-state index contributed by atoms with van der Waals surface area (Å²) in [7, 11) is 0. The van der Waals surface area contributed by atoms with Crippen LogP contribution in [0.4, 0.5) is 5.82 Å². The number of pyridine rings is 1. The monoisotopic (exact) mass is 263 g/mol. The van der Waals surface area contributed by atoms with Crippen LogP contribution in [0.15, 0.2) is 59.5 Å². The molecule has 3 heterocycles. The molecule has 0 atom stereocenters. The second-order valence-electron chi connectivity index (χ2n) is 4.77. The molecule has 4 aromatic rings. The highest BCUT2D eigenvalue weighted by Gasteiger charge is 2.05. The summed E-state index contributed by atoms with van der Waals surface area (Å²) in [5.41, 5.74) is 3.29. The minimum absolute atomic E-state index is 0.706. The molecule has 0 fully saturated rings. The maximum absolute atomic E-state index is 5.05. The van der Waals surface area contributed by atoms with Crippen molar-refractivity contribution in [3.05, 3.63) is 60.7 Å². The Morgan fingerprint density at radius 2 is 2.05 bits per heavy atom. The Morgan fingerprint density at radius 1 is 1.10 bits per heavy atom. The van der Waals surface area contributed by atoms with E-state index < -0.39 is 0 Å². The van der Waals surface area contributed by atoms with E-state index >= 15 is 0 Å². The summed E-state index contributed by atoms with van der Waals surface area (Å²) < 4.78 is 5.05. The minimum Gasteiger partial charge on any atom is -0.472 e. The third-order valence-electron chi connectivity index (χ3n) is 3.44. The van der Waals surface area contributed by atoms with Crippen LogP contribution in [0.2, 0.25) is 0 Å². The van der Waals surface area contributed by atoms with Gasteiger partial charge in [0.15, 0.2) is 0 Å². The Morgan fingerprint density at radius 3 is 2.95 bits per heavy atom. The molecule has 4 heteroatoms. The van der Waals surface area contributed by atoms with E-state index in [0.717, 1.165) is 22.4 Å². The average molecular weight is 263 g/mol. The van der Waals surface area contributed by atoms with Gasteiger partial charge in [-0.2, -0.15) is 0 Å². The van der Waals surface area contributed by atoms with E-state index in [4.69, 9.17) is 4.42 Å². The van der Waals surface area contributed by atoms with Crippen LogP contribution in [0, 0.1) is 0 Å². The largest absolute Gasteiger partial charge is 0.472 e. The molecule has 20 heavy (non-hydrogen) atoms. The molecule has 4 rings (SSSR count). The molecule has 0 saturated carbocycles. The highest BCUT2D eigenvalue weighted by Crippen LogP contribution is 2.26. The fourth-order valence-electron chi connectivity index (χ4n) is 2.43. The van der Waals surface area contributed by atoms with Crippen LogP contribution in [0.1, 0.15) is 5.56 Å². The van der Waals surface area contributed by atoms with Crippen molar-refractivity contribution in [3.63, 3.8) is 0 Å². The Kier molecular flexibility index (Phi) is 2.45. The predicted octanol–water partition coefficient (Wildman–Crippen LogP) is 3.92. The second-order valence-corrected chi connectivity index (χ2v) is 4.77. The van der Waals surface area contributed by atoms with Crippen LogP contribution in [0.5, 0.6) is 0 Å². The molecule has 0 bridgehead atoms. The van der Waals surface area contributed by atoms with E-state index in [0.29, 0.717) is 6.54 Å². The van der Waals surface area contributed by atoms with Gasteiger partial charge >= 0.3 is 0 Å². The molecule has 0 aliphatic rings. The molecule has 3 aromatic heterocycles. The molecule has 0 aliphatic heterocycles. The maximum atomic E-state index is 5.05. The van der Waals surface area contributed by atoms with Crippen molar-refractivity contribution in [2.24, 2.45) is 0 Å². The Bertz CT molecular complexity index is 862. The van der Waals surface area contributed by atoms with Gasteiger partial charge in [-0.25, -0.2) is 4.98 Å². The Balaban J connectivity index is 1.72. The number of rotatable bonds is 3. The second kappa shape index (κ2) is 4.42. The first-order valence-electron chi connectivity index (χ1n) is 6.51. The normalized spacial score (nSPS) is 11.2. The van der Waals surface area contributed by atoms with Gasteiger partial charge in [0.05, 0.1) is 24.2 Å². The SMILES string of the molecule is c1ccc2c(c1)[nH]c1cnc(NCc3ccoc3)cc12. The van der Waals surface area contributed by atoms with E-state index in [9.17, 15) is 0 Å². The van der Waals surface area contributed by atoms with Gasteiger partial charge < -0.3 is 14.7 Å². The maximum Gasteiger partial charge on any atom is 0.126 e. The number of H-pyrrole nitrogens is 1. The molecule has 0 spiro atoms. The van der Waals surface area contributed by atoms with Crippen LogP contribution in [-0.2, 0) is 6.54 Å². The zero-order valence-electron chi connectivity index (χ0n) is 10.8. The van der Waals surface area contributed by atoms with Crippen molar-refractivity contribution in [2.75, 3.05) is 5.32 Å². The highest BCUT2D eigenvalue weighted by molar-refractivity contribution is 6.07. The Hall–Kier alpha value is -2.75. The first kappa shape index (κ1) is 11.1. The number of anilines is 1. The topological polar surface area (TPSA) is 53.9 Å². The molecule has 4 nitrogen and oxygen atoms in total. The quantitative estimate of drug-likeness (QED) is 0.589. The number of aromatic nitrogens is 2. The van der Waals surface area contributed by atoms with Crippen molar-refractivity contribution >= 4 is 27.6 Å². The van der Waals surface area contributed by atoms with Gasteiger partial charge in [-0.3, -0.25) is 0 Å². The van der Waals surface area contributed by atoms with Crippen molar-refractivity contribution in [1.82, 2.24) is 9.97 Å². The third-order valence-corrected chi connectivity index (χ3v) is 3.44. The van der Waals surface area contributed by atoms with Gasteiger partial charge in [0.2, 0.25) is 0 Å². The lowest BCUT2D eigenvalue weighted by Crippen LogP contribution is -1.99. The lowest BCUT2D eigenvalue weighted by molar-refractivity contribution is 0.564. The van der Waals surface area contributed by atoms with E-state index in [1.54, 1.807) is 12.5 Å². The summed E-state index contributed by atoms with van der Waals surface area (Å²) >= 11 is 0. The lowest BCUT2D eigenvalue weighted by atomic mass is 10.2. The number of nitrogens with one attached hydrogen (secondary N) is 2. The van der Waals surface area contributed by atoms with E-state index in [-0.39, 0.29) is 0 Å². The summed E-state index contributed by atoms with van der Waals surface area (Å²) in [6.45, 7) is 0.706. The number of para-hydroxylation sites is 1. The number of hydrogen-bond acceptors (Lipinski definition) is 3. The minimum atomic E-state index is 0.706. The number of benzene rings is 1. The number of fused-ring (bicyclic) bond motifs is 3. The smallest absolute Gasteiger partial charge is 0.126 e. The molecule has 0 radical (unpaired) electrons. The molecule has 0 amide bonds. The highest BCUT2D eigenvalue weighted by atomic mass is 16.3. The molecule has 98 valence electrons. The molecule has 0 unspecified atom stereocenters. The lowest BCUT2D eigenvalue weighted by Gasteiger charge is -2.03. The summed E-state index contributed by atoms with van der Waals surface area (Å²) in [5.74, 6) is 0.864. The van der Waals surface area contributed by atoms with Gasteiger partial charge in [-0.05, 0) is 18.2 Å². The van der Waals surface area contributed by atoms with Crippen molar-refractivity contribution in [2.45, 2.75) is 6.54 Å². The van der Waals surface area contributed by atoms with Crippen LogP contribution in [-0.4, -0.2) is 9.97 Å². The van der Waals surface area contributed by atoms with Crippen LogP contribution >= 0.6 is 0 Å². The van der Waals surface area contributed by atoms with Gasteiger partial charge in [-0.15, -0.1) is 0 Å². The van der Waals surface area contributed by atoms with Crippen LogP contribution in [0.3, 0.4) is 0 Å². The van der Waals surface area contributed by atoms with Crippen LogP contribution in [0.25, 0.3) is 21.8 Å². The molecule has 1 aromatic carbocycles. The summed E-state index contributed by atoms with van der Waals surface area (Å²) in [6, 6.07) is 12.3. The number of aromatic amines is 1. The predicted molar refractivity (Wildman–Crippen MR) is 79.6 cm³/mol. The standard InChI is InChI=1S/C16H13N3O/c1-2-4-14-12(3-1)13-7-16(18-9-15(13)19-14)17-8-11-5-6-20-10-11/h1-7,9-10,19H,8H2,(H,17,18). The van der Waals surface area contributed by atoms with Gasteiger partial charge in [0.1, 0.15) is 5.82 Å². The summed E-state index contributed by atoms with van der Waals surface area (Å²) in [6.07, 6.45) is 5.28. The summed E-state index contributed by atoms with van der Waals surface area (Å²) in [5, 5.41) is 5.71. The summed E-state index contributed by atoms with van der Waals surface area (Å²) in [4.78, 5) is 7.80. The molecule has 0 aliphatic carbocycles. The van der Waals surface area contributed by atoms with E-state index in [1.165, 1.54) is 10.8 Å². The van der Waals surface area contributed by atoms with Crippen molar-refractivity contribution < 1.29 is 4.42 Å². The Labute approximate surface area is 115 Å². The fraction of sp³-hybridized carbons (Fsp3) is 0.0625. The van der Waals surface area contributed by atoms with E-state index in [1.807, 2.05) is 18.3 Å². The first-order valence-corrected chi connectivity index (χ1v) is 6.51. The van der Waals surface area contributed by atoms with Crippen molar-refractivity contribution in [3.8, 4) is 0 Å². The zero-order chi connectivity index (χ0) is 13.4. The number of hydrogen-bond donors (Lipinski definition) is 2. The third kappa shape index (κ3) is 1.82. The van der Waals surface area contributed by atoms with Gasteiger partial charge in [-0.1, -0.05) is 18.2 Å². The van der Waals surface area contributed by atoms with E-state index in [2.05, 4.69) is 39.6 Å². The molecular formula is C16H13N3O. The molecule has 2 N–H and O–H groups in total. The molecular weight excluding hydrogens is 250 g/mol. The molecule has 0 saturated heterocycles. The van der Waals surface area contributed by atoms with Gasteiger partial charge in [0, 0.05) is 28.4 Å². The van der Waals surface area contributed by atoms with Crippen molar-refractivity contribution in [1.29, 1.82) is 0 Å².